The third-order valence-electron chi connectivity index (χ3n) is 4.08. The van der Waals surface area contributed by atoms with Gasteiger partial charge in [-0.1, -0.05) is 31.2 Å². The van der Waals surface area contributed by atoms with Crippen molar-refractivity contribution in [3.8, 4) is 0 Å². The first-order valence-corrected chi connectivity index (χ1v) is 7.47. The van der Waals surface area contributed by atoms with Crippen LogP contribution >= 0.6 is 0 Å². The number of alkyl halides is 3. The van der Waals surface area contributed by atoms with Crippen molar-refractivity contribution in [2.24, 2.45) is 0 Å². The maximum absolute atomic E-state index is 12.9. The number of halogens is 3. The molecule has 0 aliphatic heterocycles. The molecule has 0 spiro atoms. The first-order valence-electron chi connectivity index (χ1n) is 7.47. The Bertz CT molecular complexity index is 471. The highest BCUT2D eigenvalue weighted by Crippen LogP contribution is 2.36. The molecule has 0 aromatic heterocycles. The van der Waals surface area contributed by atoms with Crippen molar-refractivity contribution >= 4 is 0 Å². The minimum atomic E-state index is -4.17. The second kappa shape index (κ2) is 6.36. The zero-order valence-electron chi connectivity index (χ0n) is 12.7. The van der Waals surface area contributed by atoms with Gasteiger partial charge in [-0.15, -0.1) is 0 Å². The predicted molar refractivity (Wildman–Crippen MR) is 78.2 cm³/mol. The molecule has 2 nitrogen and oxygen atoms in total. The zero-order valence-corrected chi connectivity index (χ0v) is 12.7. The molecule has 2 rings (SSSR count). The number of hydrogen-bond donors (Lipinski definition) is 1. The number of rotatable bonds is 5. The number of fused-ring (bicyclic) bond motifs is 1. The van der Waals surface area contributed by atoms with Crippen LogP contribution in [0.25, 0.3) is 0 Å². The third-order valence-corrected chi connectivity index (χ3v) is 4.08. The summed E-state index contributed by atoms with van der Waals surface area (Å²) in [5.74, 6) is 0. The largest absolute Gasteiger partial charge is 0.401 e. The summed E-state index contributed by atoms with van der Waals surface area (Å²) in [6.07, 6.45) is -3.50. The van der Waals surface area contributed by atoms with Crippen molar-refractivity contribution < 1.29 is 13.2 Å². The Morgan fingerprint density at radius 3 is 2.52 bits per heavy atom. The molecule has 0 saturated heterocycles. The predicted octanol–water partition coefficient (Wildman–Crippen LogP) is 3.53. The van der Waals surface area contributed by atoms with Crippen LogP contribution in [0.15, 0.2) is 24.3 Å². The Kier molecular flexibility index (Phi) is 4.94. The van der Waals surface area contributed by atoms with Crippen LogP contribution in [0.3, 0.4) is 0 Å². The van der Waals surface area contributed by atoms with Crippen molar-refractivity contribution in [2.45, 2.75) is 51.5 Å². The highest BCUT2D eigenvalue weighted by atomic mass is 19.4. The van der Waals surface area contributed by atoms with E-state index in [1.165, 1.54) is 0 Å². The van der Waals surface area contributed by atoms with E-state index in [9.17, 15) is 13.2 Å². The monoisotopic (exact) mass is 300 g/mol. The minimum absolute atomic E-state index is 0.0315. The Hall–Kier alpha value is -1.07. The first-order chi connectivity index (χ1) is 9.83. The van der Waals surface area contributed by atoms with Crippen molar-refractivity contribution in [1.29, 1.82) is 0 Å². The van der Waals surface area contributed by atoms with Crippen LogP contribution in [0.5, 0.6) is 0 Å². The molecule has 0 bridgehead atoms. The molecular weight excluding hydrogens is 277 g/mol. The van der Waals surface area contributed by atoms with Crippen LogP contribution in [-0.2, 0) is 6.42 Å². The van der Waals surface area contributed by atoms with E-state index in [0.29, 0.717) is 6.42 Å². The van der Waals surface area contributed by atoms with Gasteiger partial charge in [0.25, 0.3) is 0 Å². The first kappa shape index (κ1) is 16.3. The molecule has 1 aliphatic rings. The Balaban J connectivity index is 2.28. The lowest BCUT2D eigenvalue weighted by molar-refractivity contribution is -0.156. The standard InChI is InChI=1S/C16H23F3N2/c1-4-20-15-13-8-6-5-7-12(13)9-14(15)21(11(2)3)10-16(17,18)19/h5-8,11,14-15,20H,4,9-10H2,1-3H3. The highest BCUT2D eigenvalue weighted by Gasteiger charge is 2.41. The summed E-state index contributed by atoms with van der Waals surface area (Å²) in [7, 11) is 0. The lowest BCUT2D eigenvalue weighted by Crippen LogP contribution is -2.50. The fourth-order valence-corrected chi connectivity index (χ4v) is 3.24. The smallest absolute Gasteiger partial charge is 0.309 e. The van der Waals surface area contributed by atoms with E-state index in [-0.39, 0.29) is 18.1 Å². The summed E-state index contributed by atoms with van der Waals surface area (Å²) in [6.45, 7) is 5.54. The summed E-state index contributed by atoms with van der Waals surface area (Å²) in [5.41, 5.74) is 2.29. The molecule has 5 heteroatoms. The third kappa shape index (κ3) is 3.77. The van der Waals surface area contributed by atoms with Gasteiger partial charge in [-0.3, -0.25) is 4.90 Å². The van der Waals surface area contributed by atoms with E-state index < -0.39 is 12.7 Å². The Morgan fingerprint density at radius 2 is 1.95 bits per heavy atom. The summed E-state index contributed by atoms with van der Waals surface area (Å²) in [6, 6.07) is 7.62. The molecule has 0 radical (unpaired) electrons. The van der Waals surface area contributed by atoms with Gasteiger partial charge >= 0.3 is 6.18 Å². The van der Waals surface area contributed by atoms with Gasteiger partial charge < -0.3 is 5.32 Å². The molecule has 2 atom stereocenters. The fraction of sp³-hybridized carbons (Fsp3) is 0.625. The molecule has 1 aromatic rings. The number of benzene rings is 1. The van der Waals surface area contributed by atoms with Gasteiger partial charge in [0, 0.05) is 18.1 Å². The van der Waals surface area contributed by atoms with Gasteiger partial charge in [-0.2, -0.15) is 13.2 Å². The van der Waals surface area contributed by atoms with E-state index in [0.717, 1.165) is 17.7 Å². The Labute approximate surface area is 124 Å². The normalized spacial score (nSPS) is 22.1. The van der Waals surface area contributed by atoms with E-state index in [1.54, 1.807) is 4.90 Å². The maximum atomic E-state index is 12.9. The van der Waals surface area contributed by atoms with Gasteiger partial charge in [0.05, 0.1) is 6.54 Å². The van der Waals surface area contributed by atoms with Crippen LogP contribution < -0.4 is 5.32 Å². The molecule has 0 heterocycles. The summed E-state index contributed by atoms with van der Waals surface area (Å²) in [5, 5.41) is 3.36. The van der Waals surface area contributed by atoms with Crippen LogP contribution in [0.4, 0.5) is 13.2 Å². The van der Waals surface area contributed by atoms with E-state index in [2.05, 4.69) is 5.32 Å². The Morgan fingerprint density at radius 1 is 1.29 bits per heavy atom. The maximum Gasteiger partial charge on any atom is 0.401 e. The van der Waals surface area contributed by atoms with Gasteiger partial charge in [-0.05, 0) is 37.9 Å². The molecule has 1 aliphatic carbocycles. The summed E-state index contributed by atoms with van der Waals surface area (Å²) in [4.78, 5) is 1.58. The van der Waals surface area contributed by atoms with E-state index >= 15 is 0 Å². The van der Waals surface area contributed by atoms with Gasteiger partial charge in [0.2, 0.25) is 0 Å². The number of nitrogens with one attached hydrogen (secondary N) is 1. The van der Waals surface area contributed by atoms with Crippen LogP contribution in [0.2, 0.25) is 0 Å². The van der Waals surface area contributed by atoms with Crippen molar-refractivity contribution in [3.63, 3.8) is 0 Å². The average molecular weight is 300 g/mol. The number of nitrogens with zero attached hydrogens (tertiary/aromatic N) is 1. The molecule has 0 amide bonds. The molecule has 1 N–H and O–H groups in total. The number of hydrogen-bond acceptors (Lipinski definition) is 2. The number of likely N-dealkylation sites (N-methyl/N-ethyl adjacent to an activating group) is 1. The van der Waals surface area contributed by atoms with Gasteiger partial charge in [0.15, 0.2) is 0 Å². The van der Waals surface area contributed by atoms with Gasteiger partial charge in [-0.25, -0.2) is 0 Å². The molecule has 21 heavy (non-hydrogen) atoms. The molecule has 0 fully saturated rings. The van der Waals surface area contributed by atoms with Crippen LogP contribution in [0.1, 0.15) is 37.9 Å². The molecule has 118 valence electrons. The topological polar surface area (TPSA) is 15.3 Å². The van der Waals surface area contributed by atoms with E-state index in [4.69, 9.17) is 0 Å². The van der Waals surface area contributed by atoms with E-state index in [1.807, 2.05) is 45.0 Å². The van der Waals surface area contributed by atoms with Crippen molar-refractivity contribution in [2.75, 3.05) is 13.1 Å². The molecule has 0 saturated carbocycles. The van der Waals surface area contributed by atoms with Crippen molar-refractivity contribution in [3.05, 3.63) is 35.4 Å². The quantitative estimate of drug-likeness (QED) is 0.895. The van der Waals surface area contributed by atoms with Crippen LogP contribution in [0, 0.1) is 0 Å². The zero-order chi connectivity index (χ0) is 15.6. The fourth-order valence-electron chi connectivity index (χ4n) is 3.24. The molecule has 2 unspecified atom stereocenters. The molecular formula is C16H23F3N2. The highest BCUT2D eigenvalue weighted by molar-refractivity contribution is 5.37. The lowest BCUT2D eigenvalue weighted by atomic mass is 10.0. The lowest BCUT2D eigenvalue weighted by Gasteiger charge is -2.37. The van der Waals surface area contributed by atoms with Crippen LogP contribution in [-0.4, -0.2) is 36.2 Å². The molecule has 1 aromatic carbocycles. The minimum Gasteiger partial charge on any atom is -0.309 e. The second-order valence-corrected chi connectivity index (χ2v) is 5.89. The van der Waals surface area contributed by atoms with Crippen molar-refractivity contribution in [1.82, 2.24) is 10.2 Å². The second-order valence-electron chi connectivity index (χ2n) is 5.89. The SMILES string of the molecule is CCNC1c2ccccc2CC1N(CC(F)(F)F)C(C)C. The average Bonchev–Trinajstić information content (AvgIpc) is 2.74. The summed E-state index contributed by atoms with van der Waals surface area (Å²) >= 11 is 0. The summed E-state index contributed by atoms with van der Waals surface area (Å²) < 4.78 is 38.7. The van der Waals surface area contributed by atoms with Gasteiger partial charge in [0.1, 0.15) is 0 Å².